The highest BCUT2D eigenvalue weighted by molar-refractivity contribution is 5.91. The van der Waals surface area contributed by atoms with Crippen molar-refractivity contribution in [3.8, 4) is 33.6 Å². The van der Waals surface area contributed by atoms with Gasteiger partial charge in [0.15, 0.2) is 0 Å². The molecule has 15 heteroatoms. The number of nitrogens with one attached hydrogen (secondary N) is 4. The van der Waals surface area contributed by atoms with E-state index in [1.54, 1.807) is 6.20 Å². The van der Waals surface area contributed by atoms with Crippen LogP contribution in [0.15, 0.2) is 60.9 Å². The number of ether oxygens (including phenoxy) is 3. The van der Waals surface area contributed by atoms with Gasteiger partial charge in [-0.3, -0.25) is 9.59 Å². The molecule has 2 aromatic carbocycles. The van der Waals surface area contributed by atoms with Gasteiger partial charge in [0, 0.05) is 19.6 Å². The Morgan fingerprint density at radius 1 is 0.763 bits per heavy atom. The minimum absolute atomic E-state index is 0.0994. The fraction of sp³-hybridized carbons (Fsp3) is 0.500. The number of rotatable bonds is 10. The van der Waals surface area contributed by atoms with Gasteiger partial charge in [0.25, 0.3) is 0 Å². The molecule has 4 amide bonds. The molecule has 0 radical (unpaired) electrons. The fourth-order valence-electron chi connectivity index (χ4n) is 9.52. The maximum Gasteiger partial charge on any atom is 0.407 e. The third-order valence-corrected chi connectivity index (χ3v) is 12.7. The molecule has 4 aromatic rings. The number of aromatic nitrogens is 4. The van der Waals surface area contributed by atoms with Gasteiger partial charge in [-0.2, -0.15) is 0 Å². The monoisotopic (exact) mass is 806 g/mol. The number of hydrogen-bond acceptors (Lipinski definition) is 9. The number of aromatic amines is 2. The van der Waals surface area contributed by atoms with Gasteiger partial charge < -0.3 is 44.6 Å². The van der Waals surface area contributed by atoms with Crippen LogP contribution in [0.25, 0.3) is 33.6 Å². The normalized spacial score (nSPS) is 22.9. The Balaban J connectivity index is 0.950. The van der Waals surface area contributed by atoms with Crippen LogP contribution in [-0.2, 0) is 23.8 Å². The number of H-pyrrole nitrogens is 2. The van der Waals surface area contributed by atoms with Crippen molar-refractivity contribution < 1.29 is 33.4 Å². The molecular formula is C44H54N8O7. The second-order valence-corrected chi connectivity index (χ2v) is 16.8. The van der Waals surface area contributed by atoms with Crippen LogP contribution in [0.4, 0.5) is 9.59 Å². The van der Waals surface area contributed by atoms with Gasteiger partial charge in [-0.25, -0.2) is 19.6 Å². The van der Waals surface area contributed by atoms with Crippen LogP contribution in [0, 0.1) is 5.92 Å². The summed E-state index contributed by atoms with van der Waals surface area (Å²) in [5.74, 6) is 1.08. The minimum atomic E-state index is -0.997. The molecule has 8 rings (SSSR count). The van der Waals surface area contributed by atoms with Crippen molar-refractivity contribution in [1.29, 1.82) is 0 Å². The quantitative estimate of drug-likeness (QED) is 0.136. The minimum Gasteiger partial charge on any atom is -0.453 e. The number of carbonyl (C=O) groups is 4. The van der Waals surface area contributed by atoms with Crippen LogP contribution >= 0.6 is 0 Å². The Hall–Kier alpha value is -5.70. The number of likely N-dealkylation sites (tertiary alicyclic amines) is 2. The first kappa shape index (κ1) is 40.1. The number of hydrogen-bond donors (Lipinski definition) is 4. The summed E-state index contributed by atoms with van der Waals surface area (Å²) in [6.45, 7) is 5.53. The Morgan fingerprint density at radius 3 is 1.88 bits per heavy atom. The topological polar surface area (TPSA) is 184 Å². The molecule has 15 nitrogen and oxygen atoms in total. The number of amides is 4. The molecule has 0 bridgehead atoms. The predicted octanol–water partition coefficient (Wildman–Crippen LogP) is 6.67. The molecule has 4 N–H and O–H groups in total. The molecule has 0 unspecified atom stereocenters. The largest absolute Gasteiger partial charge is 0.453 e. The zero-order valence-electron chi connectivity index (χ0n) is 34.2. The second-order valence-electron chi connectivity index (χ2n) is 16.8. The van der Waals surface area contributed by atoms with Crippen molar-refractivity contribution in [3.05, 3.63) is 72.6 Å². The summed E-state index contributed by atoms with van der Waals surface area (Å²) in [7, 11) is 2.61. The lowest BCUT2D eigenvalue weighted by Crippen LogP contribution is -2.58. The average molecular weight is 807 g/mol. The maximum atomic E-state index is 14.4. The van der Waals surface area contributed by atoms with E-state index in [1.807, 2.05) is 29.8 Å². The number of methoxy groups -OCH3 is 2. The zero-order valence-corrected chi connectivity index (χ0v) is 34.2. The maximum absolute atomic E-state index is 14.4. The molecule has 312 valence electrons. The van der Waals surface area contributed by atoms with Gasteiger partial charge in [0.2, 0.25) is 11.8 Å². The first-order valence-electron chi connectivity index (χ1n) is 20.8. The van der Waals surface area contributed by atoms with Crippen LogP contribution in [0.3, 0.4) is 0 Å². The predicted molar refractivity (Wildman–Crippen MR) is 219 cm³/mol. The van der Waals surface area contributed by atoms with Crippen molar-refractivity contribution in [2.45, 2.75) is 101 Å². The number of imidazole rings is 2. The van der Waals surface area contributed by atoms with Crippen molar-refractivity contribution in [3.63, 3.8) is 0 Å². The van der Waals surface area contributed by atoms with Crippen molar-refractivity contribution in [1.82, 2.24) is 40.4 Å². The summed E-state index contributed by atoms with van der Waals surface area (Å²) in [5, 5.41) is 5.60. The van der Waals surface area contributed by atoms with E-state index < -0.39 is 29.4 Å². The van der Waals surface area contributed by atoms with E-state index in [9.17, 15) is 19.2 Å². The molecule has 4 aliphatic rings. The van der Waals surface area contributed by atoms with Crippen LogP contribution in [0.5, 0.6) is 0 Å². The van der Waals surface area contributed by atoms with Gasteiger partial charge in [0.05, 0.1) is 62.2 Å². The van der Waals surface area contributed by atoms with Crippen LogP contribution in [0.2, 0.25) is 0 Å². The van der Waals surface area contributed by atoms with E-state index in [2.05, 4.69) is 74.1 Å². The fourth-order valence-corrected chi connectivity index (χ4v) is 9.52. The summed E-state index contributed by atoms with van der Waals surface area (Å²) < 4.78 is 16.0. The Labute approximate surface area is 344 Å². The number of nitrogens with zero attached hydrogens (tertiary/aromatic N) is 4. The number of carbonyl (C=O) groups excluding carboxylic acids is 4. The zero-order chi connectivity index (χ0) is 41.3. The standard InChI is InChI=1S/C44H54N8O7/c1-27(2)36(49-41(55)57-3)39(53)51-21-7-9-34(51)37-45-24-32(47-37)30-14-10-28(11-15-30)29-12-16-31(17-13-29)33-25-46-38(48-33)35-23-43(18-8-22-59-43)26-52(35)40(54)44(19-5-6-20-44)50-42(56)58-4/h10-17,24-25,27,34-36H,5-9,18-23,26H2,1-4H3,(H,45,47)(H,46,48)(H,49,55)(H,50,56)/t34-,35-,36-,43-/m0/s1. The Morgan fingerprint density at radius 2 is 1.34 bits per heavy atom. The Bertz CT molecular complexity index is 2150. The second kappa shape index (κ2) is 16.5. The number of benzene rings is 2. The highest BCUT2D eigenvalue weighted by Gasteiger charge is 2.55. The first-order valence-corrected chi connectivity index (χ1v) is 20.8. The van der Waals surface area contributed by atoms with Gasteiger partial charge in [-0.1, -0.05) is 75.2 Å². The van der Waals surface area contributed by atoms with Crippen molar-refractivity contribution >= 4 is 24.0 Å². The van der Waals surface area contributed by atoms with Crippen LogP contribution in [-0.4, -0.2) is 105 Å². The van der Waals surface area contributed by atoms with Crippen molar-refractivity contribution in [2.24, 2.45) is 5.92 Å². The molecular weight excluding hydrogens is 753 g/mol. The average Bonchev–Trinajstić information content (AvgIpc) is 4.11. The van der Waals surface area contributed by atoms with E-state index in [4.69, 9.17) is 19.2 Å². The SMILES string of the molecule is COC(=O)N[C@H](C(=O)N1CCC[C@H]1c1ncc(-c2ccc(-c3ccc(-c4cnc([C@@H]5C[C@@]6(CCCO6)CN5C(=O)C5(NC(=O)OC)CCCC5)[nH]4)cc3)cc2)[nH]1)C(C)C. The molecule has 4 fully saturated rings. The lowest BCUT2D eigenvalue weighted by molar-refractivity contribution is -0.140. The van der Waals surface area contributed by atoms with Crippen LogP contribution in [0.1, 0.15) is 95.4 Å². The van der Waals surface area contributed by atoms with Gasteiger partial charge >= 0.3 is 12.2 Å². The molecule has 3 saturated heterocycles. The highest BCUT2D eigenvalue weighted by atomic mass is 16.5. The van der Waals surface area contributed by atoms with Crippen LogP contribution < -0.4 is 10.6 Å². The summed E-state index contributed by atoms with van der Waals surface area (Å²) >= 11 is 0. The van der Waals surface area contributed by atoms with E-state index in [1.165, 1.54) is 14.2 Å². The van der Waals surface area contributed by atoms with Gasteiger partial charge in [-0.15, -0.1) is 0 Å². The molecule has 1 saturated carbocycles. The molecule has 2 aromatic heterocycles. The smallest absolute Gasteiger partial charge is 0.407 e. The van der Waals surface area contributed by atoms with Crippen molar-refractivity contribution in [2.75, 3.05) is 33.9 Å². The van der Waals surface area contributed by atoms with Gasteiger partial charge in [-0.05, 0) is 66.7 Å². The summed E-state index contributed by atoms with van der Waals surface area (Å²) in [4.78, 5) is 72.5. The Kier molecular flexibility index (Phi) is 11.2. The molecule has 1 aliphatic carbocycles. The lowest BCUT2D eigenvalue weighted by atomic mass is 9.95. The summed E-state index contributed by atoms with van der Waals surface area (Å²) in [6, 6.07) is 15.3. The third kappa shape index (κ3) is 7.91. The molecule has 59 heavy (non-hydrogen) atoms. The molecule has 5 heterocycles. The van der Waals surface area contributed by atoms with E-state index in [0.29, 0.717) is 44.8 Å². The highest BCUT2D eigenvalue weighted by Crippen LogP contribution is 2.47. The molecule has 4 atom stereocenters. The van der Waals surface area contributed by atoms with E-state index in [-0.39, 0.29) is 29.8 Å². The summed E-state index contributed by atoms with van der Waals surface area (Å²) in [6.07, 6.45) is 9.36. The van der Waals surface area contributed by atoms with E-state index >= 15 is 0 Å². The van der Waals surface area contributed by atoms with E-state index in [0.717, 1.165) is 78.0 Å². The lowest BCUT2D eigenvalue weighted by Gasteiger charge is -2.35. The summed E-state index contributed by atoms with van der Waals surface area (Å²) in [5.41, 5.74) is 4.34. The number of alkyl carbamates (subject to hydrolysis) is 2. The van der Waals surface area contributed by atoms with Gasteiger partial charge in [0.1, 0.15) is 23.2 Å². The molecule has 1 spiro atoms. The first-order chi connectivity index (χ1) is 28.5. The molecule has 3 aliphatic heterocycles. The third-order valence-electron chi connectivity index (χ3n) is 12.7.